The Kier molecular flexibility index (Phi) is 4.09. The molecule has 1 heterocycles. The van der Waals surface area contributed by atoms with Crippen LogP contribution in [0.3, 0.4) is 0 Å². The topological polar surface area (TPSA) is 43.8 Å². The Morgan fingerprint density at radius 1 is 1.39 bits per heavy atom. The third kappa shape index (κ3) is 2.60. The van der Waals surface area contributed by atoms with Crippen LogP contribution in [-0.2, 0) is 11.4 Å². The number of halogens is 1. The Morgan fingerprint density at radius 3 is 2.89 bits per heavy atom. The van der Waals surface area contributed by atoms with E-state index in [-0.39, 0.29) is 12.5 Å². The van der Waals surface area contributed by atoms with Crippen molar-refractivity contribution in [2.24, 2.45) is 0 Å². The van der Waals surface area contributed by atoms with Gasteiger partial charge in [-0.2, -0.15) is 0 Å². The number of aliphatic hydroxyl groups is 1. The fourth-order valence-electron chi connectivity index (χ4n) is 2.19. The molecule has 1 amide bonds. The van der Waals surface area contributed by atoms with Crippen LogP contribution in [0.2, 0.25) is 5.02 Å². The number of hydrogen-bond donors (Lipinski definition) is 1. The van der Waals surface area contributed by atoms with Crippen molar-refractivity contribution in [3.63, 3.8) is 0 Å². The molecule has 1 fully saturated rings. The van der Waals surface area contributed by atoms with E-state index in [1.165, 1.54) is 0 Å². The van der Waals surface area contributed by atoms with Crippen LogP contribution in [0.25, 0.3) is 0 Å². The van der Waals surface area contributed by atoms with Crippen LogP contribution in [0.15, 0.2) is 18.2 Å². The van der Waals surface area contributed by atoms with Crippen molar-refractivity contribution >= 4 is 23.2 Å². The molecule has 0 spiro atoms. The lowest BCUT2D eigenvalue weighted by atomic mass is 10.1. The number of amides is 1. The fourth-order valence-corrected chi connectivity index (χ4v) is 2.42. The van der Waals surface area contributed by atoms with E-state index >= 15 is 0 Å². The molecule has 0 saturated carbocycles. The maximum absolute atomic E-state index is 11.9. The Labute approximate surface area is 112 Å². The van der Waals surface area contributed by atoms with E-state index in [0.717, 1.165) is 25.2 Å². The van der Waals surface area contributed by atoms with E-state index < -0.39 is 0 Å². The number of aliphatic hydroxyl groups excluding tert-OH is 1. The van der Waals surface area contributed by atoms with E-state index in [1.807, 2.05) is 24.1 Å². The van der Waals surface area contributed by atoms with Crippen molar-refractivity contribution in [2.75, 3.05) is 31.6 Å². The van der Waals surface area contributed by atoms with E-state index in [4.69, 9.17) is 11.6 Å². The van der Waals surface area contributed by atoms with Crippen molar-refractivity contribution in [3.8, 4) is 0 Å². The molecular weight excluding hydrogens is 252 g/mol. The molecule has 0 bridgehead atoms. The molecule has 18 heavy (non-hydrogen) atoms. The first-order chi connectivity index (χ1) is 8.63. The first-order valence-electron chi connectivity index (χ1n) is 6.00. The number of nitrogens with zero attached hydrogens (tertiary/aromatic N) is 2. The second kappa shape index (κ2) is 5.59. The minimum atomic E-state index is -0.116. The summed E-state index contributed by atoms with van der Waals surface area (Å²) < 4.78 is 0. The van der Waals surface area contributed by atoms with Crippen LogP contribution in [0, 0.1) is 0 Å². The highest BCUT2D eigenvalue weighted by Gasteiger charge is 2.21. The number of carbonyl (C=O) groups excluding carboxylic acids is 1. The van der Waals surface area contributed by atoms with Gasteiger partial charge in [-0.15, -0.1) is 0 Å². The molecule has 1 aromatic rings. The third-order valence-electron chi connectivity index (χ3n) is 3.27. The summed E-state index contributed by atoms with van der Waals surface area (Å²) in [6.07, 6.45) is 0.916. The van der Waals surface area contributed by atoms with Crippen molar-refractivity contribution in [1.29, 1.82) is 0 Å². The molecule has 1 saturated heterocycles. The van der Waals surface area contributed by atoms with E-state index in [0.29, 0.717) is 17.1 Å². The van der Waals surface area contributed by atoms with Crippen LogP contribution >= 0.6 is 11.6 Å². The van der Waals surface area contributed by atoms with Crippen LogP contribution in [0.4, 0.5) is 5.69 Å². The lowest BCUT2D eigenvalue weighted by Gasteiger charge is -2.24. The Morgan fingerprint density at radius 2 is 2.17 bits per heavy atom. The molecule has 0 unspecified atom stereocenters. The van der Waals surface area contributed by atoms with Crippen LogP contribution in [-0.4, -0.2) is 42.6 Å². The average Bonchev–Trinajstić information content (AvgIpc) is 2.52. The monoisotopic (exact) mass is 268 g/mol. The lowest BCUT2D eigenvalue weighted by Crippen LogP contribution is -2.34. The zero-order valence-corrected chi connectivity index (χ0v) is 11.2. The van der Waals surface area contributed by atoms with Gasteiger partial charge in [0.25, 0.3) is 0 Å². The number of rotatable bonds is 2. The Hall–Kier alpha value is -1.26. The predicted octanol–water partition coefficient (Wildman–Crippen LogP) is 1.50. The quantitative estimate of drug-likeness (QED) is 0.884. The molecule has 1 aliphatic rings. The Balaban J connectivity index is 2.30. The maximum Gasteiger partial charge on any atom is 0.241 e. The van der Waals surface area contributed by atoms with E-state index in [2.05, 4.69) is 0 Å². The zero-order chi connectivity index (χ0) is 13.1. The summed E-state index contributed by atoms with van der Waals surface area (Å²) in [7, 11) is 1.82. The van der Waals surface area contributed by atoms with E-state index in [1.54, 1.807) is 11.0 Å². The molecule has 1 aromatic carbocycles. The zero-order valence-electron chi connectivity index (χ0n) is 10.4. The van der Waals surface area contributed by atoms with Gasteiger partial charge in [0, 0.05) is 36.4 Å². The number of anilines is 1. The highest BCUT2D eigenvalue weighted by atomic mass is 35.5. The Bertz CT molecular complexity index is 451. The van der Waals surface area contributed by atoms with Crippen molar-refractivity contribution in [1.82, 2.24) is 4.90 Å². The predicted molar refractivity (Wildman–Crippen MR) is 71.8 cm³/mol. The van der Waals surface area contributed by atoms with Crippen molar-refractivity contribution < 1.29 is 9.90 Å². The summed E-state index contributed by atoms with van der Waals surface area (Å²) >= 11 is 6.07. The van der Waals surface area contributed by atoms with Gasteiger partial charge >= 0.3 is 0 Å². The third-order valence-corrected chi connectivity index (χ3v) is 3.62. The summed E-state index contributed by atoms with van der Waals surface area (Å²) in [5.74, 6) is 0.0939. The molecule has 1 aliphatic heterocycles. The molecule has 0 radical (unpaired) electrons. The maximum atomic E-state index is 11.9. The SMILES string of the molecule is CN1CCCN(c2cccc(Cl)c2CO)CC1=O. The molecule has 2 rings (SSSR count). The van der Waals surface area contributed by atoms with Gasteiger partial charge in [-0.1, -0.05) is 17.7 Å². The summed E-state index contributed by atoms with van der Waals surface area (Å²) in [6.45, 7) is 1.78. The standard InChI is InChI=1S/C13H17ClN2O2/c1-15-6-3-7-16(8-13(15)18)12-5-2-4-11(14)10(12)9-17/h2,4-5,17H,3,6-9H2,1H3. The number of benzene rings is 1. The molecule has 0 aromatic heterocycles. The van der Waals surface area contributed by atoms with Crippen molar-refractivity contribution in [2.45, 2.75) is 13.0 Å². The normalized spacial score (nSPS) is 16.9. The highest BCUT2D eigenvalue weighted by molar-refractivity contribution is 6.31. The molecular formula is C13H17ClN2O2. The first kappa shape index (κ1) is 13.2. The van der Waals surface area contributed by atoms with Gasteiger partial charge in [-0.3, -0.25) is 4.79 Å². The second-order valence-electron chi connectivity index (χ2n) is 4.49. The summed E-state index contributed by atoms with van der Waals surface area (Å²) in [5.41, 5.74) is 1.55. The van der Waals surface area contributed by atoms with Gasteiger partial charge in [-0.05, 0) is 18.6 Å². The molecule has 0 atom stereocenters. The summed E-state index contributed by atoms with van der Waals surface area (Å²) in [4.78, 5) is 15.6. The van der Waals surface area contributed by atoms with Gasteiger partial charge in [0.2, 0.25) is 5.91 Å². The minimum Gasteiger partial charge on any atom is -0.392 e. The smallest absolute Gasteiger partial charge is 0.241 e. The number of carbonyl (C=O) groups is 1. The average molecular weight is 269 g/mol. The number of likely N-dealkylation sites (N-methyl/N-ethyl adjacent to an activating group) is 1. The van der Waals surface area contributed by atoms with Crippen LogP contribution in [0.5, 0.6) is 0 Å². The highest BCUT2D eigenvalue weighted by Crippen LogP contribution is 2.28. The van der Waals surface area contributed by atoms with Gasteiger partial charge in [0.15, 0.2) is 0 Å². The fraction of sp³-hybridized carbons (Fsp3) is 0.462. The molecule has 0 aliphatic carbocycles. The summed E-state index contributed by atoms with van der Waals surface area (Å²) in [5, 5.41) is 9.95. The van der Waals surface area contributed by atoms with Gasteiger partial charge < -0.3 is 14.9 Å². The largest absolute Gasteiger partial charge is 0.392 e. The molecule has 4 nitrogen and oxygen atoms in total. The van der Waals surface area contributed by atoms with Crippen molar-refractivity contribution in [3.05, 3.63) is 28.8 Å². The second-order valence-corrected chi connectivity index (χ2v) is 4.89. The van der Waals surface area contributed by atoms with Gasteiger partial charge in [-0.25, -0.2) is 0 Å². The molecule has 1 N–H and O–H groups in total. The lowest BCUT2D eigenvalue weighted by molar-refractivity contribution is -0.127. The number of hydrogen-bond acceptors (Lipinski definition) is 3. The minimum absolute atomic E-state index is 0.0939. The summed E-state index contributed by atoms with van der Waals surface area (Å²) in [6, 6.07) is 5.49. The van der Waals surface area contributed by atoms with Gasteiger partial charge in [0.1, 0.15) is 0 Å². The van der Waals surface area contributed by atoms with Crippen LogP contribution in [0.1, 0.15) is 12.0 Å². The van der Waals surface area contributed by atoms with Crippen LogP contribution < -0.4 is 4.90 Å². The molecule has 98 valence electrons. The molecule has 5 heteroatoms. The first-order valence-corrected chi connectivity index (χ1v) is 6.38. The van der Waals surface area contributed by atoms with E-state index in [9.17, 15) is 9.90 Å². The van der Waals surface area contributed by atoms with Gasteiger partial charge in [0.05, 0.1) is 13.2 Å².